The van der Waals surface area contributed by atoms with Crippen LogP contribution in [-0.4, -0.2) is 36.5 Å². The predicted molar refractivity (Wildman–Crippen MR) is 133 cm³/mol. The van der Waals surface area contributed by atoms with E-state index in [2.05, 4.69) is 25.6 Å². The van der Waals surface area contributed by atoms with Crippen molar-refractivity contribution < 1.29 is 18.0 Å². The van der Waals surface area contributed by atoms with Crippen molar-refractivity contribution >= 4 is 44.0 Å². The molecule has 0 aliphatic heterocycles. The Morgan fingerprint density at radius 3 is 2.24 bits per heavy atom. The first-order chi connectivity index (χ1) is 16.1. The van der Waals surface area contributed by atoms with Crippen LogP contribution in [0.1, 0.15) is 32.8 Å². The number of anilines is 2. The lowest BCUT2D eigenvalue weighted by molar-refractivity contribution is -0.118. The molecule has 3 N–H and O–H groups in total. The Balaban J connectivity index is 1.75. The number of hydrogen-bond donors (Lipinski definition) is 3. The third-order valence-corrected chi connectivity index (χ3v) is 7.56. The average Bonchev–Trinajstić information content (AvgIpc) is 3.25. The summed E-state index contributed by atoms with van der Waals surface area (Å²) >= 11 is 1.21. The minimum Gasteiger partial charge on any atom is -0.326 e. The van der Waals surface area contributed by atoms with E-state index in [1.165, 1.54) is 42.5 Å². The SMILES string of the molecule is CCC(C)C(NS(=O)(=O)c1ccc(NC(C)=O)cc1)C(=O)Nc1nnc(-c2ccc(C)cc2)s1. The number of nitrogens with one attached hydrogen (secondary N) is 3. The van der Waals surface area contributed by atoms with Gasteiger partial charge >= 0.3 is 0 Å². The Bertz CT molecular complexity index is 1260. The van der Waals surface area contributed by atoms with Crippen LogP contribution in [0.5, 0.6) is 0 Å². The molecule has 34 heavy (non-hydrogen) atoms. The van der Waals surface area contributed by atoms with E-state index < -0.39 is 22.0 Å². The quantitative estimate of drug-likeness (QED) is 0.409. The lowest BCUT2D eigenvalue weighted by Crippen LogP contribution is -2.47. The number of aromatic nitrogens is 2. The van der Waals surface area contributed by atoms with E-state index in [0.717, 1.165) is 11.1 Å². The zero-order chi connectivity index (χ0) is 24.9. The fourth-order valence-electron chi connectivity index (χ4n) is 3.09. The van der Waals surface area contributed by atoms with Crippen LogP contribution in [-0.2, 0) is 19.6 Å². The van der Waals surface area contributed by atoms with Crippen molar-refractivity contribution in [2.75, 3.05) is 10.6 Å². The van der Waals surface area contributed by atoms with Gasteiger partial charge in [-0.15, -0.1) is 10.2 Å². The van der Waals surface area contributed by atoms with Gasteiger partial charge in [-0.1, -0.05) is 61.4 Å². The maximum Gasteiger partial charge on any atom is 0.244 e. The Kier molecular flexibility index (Phi) is 8.13. The molecular formula is C23H27N5O4S2. The van der Waals surface area contributed by atoms with Gasteiger partial charge in [0.2, 0.25) is 27.0 Å². The van der Waals surface area contributed by atoms with E-state index in [9.17, 15) is 18.0 Å². The number of benzene rings is 2. The maximum atomic E-state index is 13.0. The monoisotopic (exact) mass is 501 g/mol. The van der Waals surface area contributed by atoms with E-state index in [-0.39, 0.29) is 21.9 Å². The topological polar surface area (TPSA) is 130 Å². The summed E-state index contributed by atoms with van der Waals surface area (Å²) in [5.74, 6) is -1.05. The highest BCUT2D eigenvalue weighted by molar-refractivity contribution is 7.89. The summed E-state index contributed by atoms with van der Waals surface area (Å²) in [5, 5.41) is 14.4. The Labute approximate surface area is 203 Å². The molecule has 11 heteroatoms. The number of rotatable bonds is 9. The molecule has 3 rings (SSSR count). The van der Waals surface area contributed by atoms with Gasteiger partial charge in [0.05, 0.1) is 4.90 Å². The number of sulfonamides is 1. The highest BCUT2D eigenvalue weighted by Gasteiger charge is 2.30. The third kappa shape index (κ3) is 6.46. The molecule has 0 saturated carbocycles. The van der Waals surface area contributed by atoms with Crippen molar-refractivity contribution in [3.63, 3.8) is 0 Å². The molecule has 9 nitrogen and oxygen atoms in total. The molecule has 0 bridgehead atoms. The van der Waals surface area contributed by atoms with Crippen molar-refractivity contribution in [1.29, 1.82) is 0 Å². The van der Waals surface area contributed by atoms with Gasteiger partial charge in [-0.25, -0.2) is 8.42 Å². The van der Waals surface area contributed by atoms with Crippen LogP contribution in [0.2, 0.25) is 0 Å². The second-order valence-corrected chi connectivity index (χ2v) is 10.6. The van der Waals surface area contributed by atoms with Crippen molar-refractivity contribution in [1.82, 2.24) is 14.9 Å². The number of amides is 2. The van der Waals surface area contributed by atoms with Crippen molar-refractivity contribution in [2.24, 2.45) is 5.92 Å². The van der Waals surface area contributed by atoms with Crippen molar-refractivity contribution in [3.05, 3.63) is 54.1 Å². The summed E-state index contributed by atoms with van der Waals surface area (Å²) in [4.78, 5) is 24.2. The van der Waals surface area contributed by atoms with Gasteiger partial charge < -0.3 is 5.32 Å². The molecule has 0 radical (unpaired) electrons. The standard InChI is InChI=1S/C23H27N5O4S2/c1-5-15(3)20(28-34(31,32)19-12-10-18(11-13-19)24-16(4)29)21(30)25-23-27-26-22(33-23)17-8-6-14(2)7-9-17/h6-13,15,20,28H,5H2,1-4H3,(H,24,29)(H,25,27,30). The van der Waals surface area contributed by atoms with E-state index in [4.69, 9.17) is 0 Å². The number of aryl methyl sites for hydroxylation is 1. The van der Waals surface area contributed by atoms with Crippen LogP contribution < -0.4 is 15.4 Å². The first-order valence-electron chi connectivity index (χ1n) is 10.7. The summed E-state index contributed by atoms with van der Waals surface area (Å²) in [6.45, 7) is 7.03. The van der Waals surface area contributed by atoms with E-state index in [1.807, 2.05) is 38.1 Å². The molecule has 1 aromatic heterocycles. The van der Waals surface area contributed by atoms with Crippen LogP contribution in [0.3, 0.4) is 0 Å². The summed E-state index contributed by atoms with van der Waals surface area (Å²) in [6.07, 6.45) is 0.576. The Morgan fingerprint density at radius 2 is 1.65 bits per heavy atom. The zero-order valence-corrected chi connectivity index (χ0v) is 21.0. The smallest absolute Gasteiger partial charge is 0.244 e. The number of carbonyl (C=O) groups is 2. The van der Waals surface area contributed by atoms with Crippen LogP contribution in [0.4, 0.5) is 10.8 Å². The minimum atomic E-state index is -4.00. The summed E-state index contributed by atoms with van der Waals surface area (Å²) in [6, 6.07) is 12.5. The van der Waals surface area contributed by atoms with Crippen LogP contribution in [0.15, 0.2) is 53.4 Å². The molecule has 0 fully saturated rings. The lowest BCUT2D eigenvalue weighted by atomic mass is 9.99. The molecule has 2 atom stereocenters. The average molecular weight is 502 g/mol. The van der Waals surface area contributed by atoms with Crippen LogP contribution in [0, 0.1) is 12.8 Å². The molecule has 2 amide bonds. The maximum absolute atomic E-state index is 13.0. The first-order valence-corrected chi connectivity index (χ1v) is 13.0. The predicted octanol–water partition coefficient (Wildman–Crippen LogP) is 3.80. The molecule has 0 spiro atoms. The zero-order valence-electron chi connectivity index (χ0n) is 19.3. The number of carbonyl (C=O) groups excluding carboxylic acids is 2. The molecule has 2 unspecified atom stereocenters. The largest absolute Gasteiger partial charge is 0.326 e. The Morgan fingerprint density at radius 1 is 1.00 bits per heavy atom. The van der Waals surface area contributed by atoms with E-state index >= 15 is 0 Å². The number of nitrogens with zero attached hydrogens (tertiary/aromatic N) is 2. The molecule has 2 aromatic carbocycles. The molecule has 180 valence electrons. The highest BCUT2D eigenvalue weighted by atomic mass is 32.2. The first kappa shape index (κ1) is 25.5. The molecular weight excluding hydrogens is 474 g/mol. The van der Waals surface area contributed by atoms with Gasteiger partial charge in [-0.3, -0.25) is 14.9 Å². The highest BCUT2D eigenvalue weighted by Crippen LogP contribution is 2.27. The molecule has 0 aliphatic rings. The number of hydrogen-bond acceptors (Lipinski definition) is 7. The van der Waals surface area contributed by atoms with Crippen LogP contribution >= 0.6 is 11.3 Å². The molecule has 0 saturated heterocycles. The summed E-state index contributed by atoms with van der Waals surface area (Å²) < 4.78 is 28.4. The second-order valence-electron chi connectivity index (χ2n) is 7.96. The molecule has 1 heterocycles. The second kappa shape index (κ2) is 10.9. The fourth-order valence-corrected chi connectivity index (χ4v) is 5.15. The van der Waals surface area contributed by atoms with Gasteiger partial charge in [-0.2, -0.15) is 4.72 Å². The van der Waals surface area contributed by atoms with E-state index in [0.29, 0.717) is 17.1 Å². The van der Waals surface area contributed by atoms with Crippen molar-refractivity contribution in [2.45, 2.75) is 45.1 Å². The van der Waals surface area contributed by atoms with Gasteiger partial charge in [0.25, 0.3) is 0 Å². The van der Waals surface area contributed by atoms with Gasteiger partial charge in [-0.05, 0) is 37.1 Å². The fraction of sp³-hybridized carbons (Fsp3) is 0.304. The summed E-state index contributed by atoms with van der Waals surface area (Å²) in [5.41, 5.74) is 2.48. The normalized spacial score (nSPS) is 13.2. The third-order valence-electron chi connectivity index (χ3n) is 5.22. The van der Waals surface area contributed by atoms with Gasteiger partial charge in [0.15, 0.2) is 0 Å². The minimum absolute atomic E-state index is 0.0136. The van der Waals surface area contributed by atoms with Crippen molar-refractivity contribution in [3.8, 4) is 10.6 Å². The molecule has 3 aromatic rings. The lowest BCUT2D eigenvalue weighted by Gasteiger charge is -2.23. The van der Waals surface area contributed by atoms with Crippen LogP contribution in [0.25, 0.3) is 10.6 Å². The van der Waals surface area contributed by atoms with E-state index in [1.54, 1.807) is 6.92 Å². The van der Waals surface area contributed by atoms with Gasteiger partial charge in [0.1, 0.15) is 11.0 Å². The van der Waals surface area contributed by atoms with Gasteiger partial charge in [0, 0.05) is 18.2 Å². The Hall–Kier alpha value is -3.15. The molecule has 0 aliphatic carbocycles. The summed E-state index contributed by atoms with van der Waals surface area (Å²) in [7, 11) is -4.00.